The molecular weight excluding hydrogens is 450 g/mol. The molecule has 1 fully saturated rings. The lowest BCUT2D eigenvalue weighted by molar-refractivity contribution is -0.172. The van der Waals surface area contributed by atoms with Crippen molar-refractivity contribution in [2.24, 2.45) is 0 Å². The maximum absolute atomic E-state index is 13.9. The molecule has 0 saturated carbocycles. The summed E-state index contributed by atoms with van der Waals surface area (Å²) in [6, 6.07) is 6.52. The summed E-state index contributed by atoms with van der Waals surface area (Å²) < 4.78 is 78.4. The van der Waals surface area contributed by atoms with Crippen LogP contribution in [0.3, 0.4) is 0 Å². The van der Waals surface area contributed by atoms with Crippen LogP contribution in [0.4, 0.5) is 23.4 Å². The van der Waals surface area contributed by atoms with Crippen molar-refractivity contribution >= 4 is 28.1 Å². The molecule has 0 bridgehead atoms. The first-order valence-corrected chi connectivity index (χ1v) is 10.8. The Morgan fingerprint density at radius 2 is 1.72 bits per heavy atom. The quantitative estimate of drug-likeness (QED) is 0.460. The van der Waals surface area contributed by atoms with E-state index in [9.17, 15) is 26.3 Å². The van der Waals surface area contributed by atoms with Gasteiger partial charge in [-0.05, 0) is 11.6 Å². The minimum atomic E-state index is -4.20. The Hall–Kier alpha value is -2.60. The Labute approximate surface area is 183 Å². The number of anilines is 1. The molecule has 0 radical (unpaired) electrons. The maximum Gasteiger partial charge on any atom is 0.329 e. The number of fused-ring (bicyclic) bond motifs is 1. The van der Waals surface area contributed by atoms with Gasteiger partial charge in [-0.15, -0.1) is 0 Å². The summed E-state index contributed by atoms with van der Waals surface area (Å²) in [5.41, 5.74) is 0.295. The number of halogens is 4. The number of aromatic nitrogens is 4. The molecule has 1 aliphatic rings. The van der Waals surface area contributed by atoms with E-state index in [4.69, 9.17) is 0 Å². The average molecular weight is 471 g/mol. The lowest BCUT2D eigenvalue weighted by Gasteiger charge is -2.22. The molecule has 172 valence electrons. The van der Waals surface area contributed by atoms with Crippen LogP contribution in [0, 0.1) is 0 Å². The molecule has 0 amide bonds. The topological polar surface area (TPSA) is 84.1 Å². The van der Waals surface area contributed by atoms with Gasteiger partial charge in [-0.3, -0.25) is 0 Å². The number of hydrogen-bond acceptors (Lipinski definition) is 5. The first-order chi connectivity index (χ1) is 14.8. The van der Waals surface area contributed by atoms with E-state index in [2.05, 4.69) is 15.0 Å². The van der Waals surface area contributed by atoms with Crippen LogP contribution < -0.4 is 4.90 Å². The Morgan fingerprint density at radius 1 is 1.09 bits per heavy atom. The molecule has 7 nitrogen and oxygen atoms in total. The molecule has 1 aliphatic heterocycles. The van der Waals surface area contributed by atoms with Gasteiger partial charge in [-0.2, -0.15) is 17.6 Å². The summed E-state index contributed by atoms with van der Waals surface area (Å²) in [5, 5.41) is 0. The van der Waals surface area contributed by atoms with E-state index in [0.29, 0.717) is 5.56 Å². The van der Waals surface area contributed by atoms with Gasteiger partial charge >= 0.3 is 11.8 Å². The number of nitrogens with zero attached hydrogens (tertiary/aromatic N) is 5. The van der Waals surface area contributed by atoms with Gasteiger partial charge in [0.1, 0.15) is 5.82 Å². The molecule has 1 N–H and O–H groups in total. The third kappa shape index (κ3) is 3.85. The number of imidazole rings is 1. The van der Waals surface area contributed by atoms with E-state index in [1.165, 1.54) is 12.4 Å². The van der Waals surface area contributed by atoms with E-state index in [0.717, 1.165) is 4.90 Å². The van der Waals surface area contributed by atoms with Gasteiger partial charge in [0.05, 0.1) is 30.9 Å². The minimum absolute atomic E-state index is 0.0884. The van der Waals surface area contributed by atoms with Crippen LogP contribution in [0.5, 0.6) is 0 Å². The average Bonchev–Trinajstić information content (AvgIpc) is 3.18. The molecule has 2 aromatic heterocycles. The van der Waals surface area contributed by atoms with Crippen molar-refractivity contribution in [3.05, 3.63) is 42.0 Å². The highest BCUT2D eigenvalue weighted by molar-refractivity contribution is 7.79. The summed E-state index contributed by atoms with van der Waals surface area (Å²) >= 11 is -2.22. The molecule has 1 saturated heterocycles. The van der Waals surface area contributed by atoms with E-state index in [1.54, 1.807) is 22.8 Å². The normalized spacial score (nSPS) is 18.9. The van der Waals surface area contributed by atoms with Gasteiger partial charge in [0, 0.05) is 5.41 Å². The monoisotopic (exact) mass is 471 g/mol. The fraction of sp³-hybridized carbons (Fsp3) is 0.450. The van der Waals surface area contributed by atoms with Gasteiger partial charge in [0.15, 0.2) is 28.1 Å². The molecule has 1 aromatic carbocycles. The Bertz CT molecular complexity index is 1190. The van der Waals surface area contributed by atoms with Gasteiger partial charge in [-0.1, -0.05) is 39.0 Å². The first-order valence-electron chi connectivity index (χ1n) is 9.73. The molecule has 1 unspecified atom stereocenters. The molecule has 4 rings (SSSR count). The van der Waals surface area contributed by atoms with Crippen molar-refractivity contribution in [2.45, 2.75) is 49.5 Å². The highest BCUT2D eigenvalue weighted by atomic mass is 32.2. The van der Waals surface area contributed by atoms with Crippen LogP contribution >= 0.6 is 0 Å². The minimum Gasteiger partial charge on any atom is -0.342 e. The van der Waals surface area contributed by atoms with Crippen LogP contribution in [-0.2, 0) is 23.0 Å². The SMILES string of the molecule is CC(C)(C)c1nc(N2CC(F)(F)C(F)(F)C2)c2ncn(Cc3ccccc3S(=O)O)c2n1. The third-order valence-corrected chi connectivity index (χ3v) is 6.01. The lowest BCUT2D eigenvalue weighted by atomic mass is 9.96. The summed E-state index contributed by atoms with van der Waals surface area (Å²) in [5.74, 6) is -8.20. The molecular formula is C20H21F4N5O2S. The second-order valence-electron chi connectivity index (χ2n) is 8.79. The van der Waals surface area contributed by atoms with Crippen molar-refractivity contribution in [1.82, 2.24) is 19.5 Å². The second-order valence-corrected chi connectivity index (χ2v) is 9.73. The molecule has 3 aromatic rings. The first kappa shape index (κ1) is 22.6. The summed E-state index contributed by atoms with van der Waals surface area (Å²) in [7, 11) is 0. The van der Waals surface area contributed by atoms with E-state index >= 15 is 0 Å². The second kappa shape index (κ2) is 7.48. The number of rotatable bonds is 4. The summed E-state index contributed by atoms with van der Waals surface area (Å²) in [4.78, 5) is 14.1. The molecule has 3 heterocycles. The fourth-order valence-electron chi connectivity index (χ4n) is 3.51. The van der Waals surface area contributed by atoms with E-state index in [-0.39, 0.29) is 34.2 Å². The Morgan fingerprint density at radius 3 is 2.31 bits per heavy atom. The van der Waals surface area contributed by atoms with Gasteiger partial charge < -0.3 is 14.0 Å². The summed E-state index contributed by atoms with van der Waals surface area (Å²) in [6.45, 7) is 3.19. The zero-order valence-corrected chi connectivity index (χ0v) is 18.3. The highest BCUT2D eigenvalue weighted by Gasteiger charge is 2.63. The smallest absolute Gasteiger partial charge is 0.329 e. The Balaban J connectivity index is 1.85. The van der Waals surface area contributed by atoms with Crippen molar-refractivity contribution in [3.63, 3.8) is 0 Å². The number of benzene rings is 1. The number of hydrogen-bond donors (Lipinski definition) is 1. The van der Waals surface area contributed by atoms with Crippen molar-refractivity contribution < 1.29 is 26.3 Å². The van der Waals surface area contributed by atoms with Crippen molar-refractivity contribution in [2.75, 3.05) is 18.0 Å². The van der Waals surface area contributed by atoms with Crippen LogP contribution in [0.1, 0.15) is 32.2 Å². The van der Waals surface area contributed by atoms with Gasteiger partial charge in [0.2, 0.25) is 0 Å². The standard InChI is InChI=1S/C20H21F4N5O2S/c1-18(2,3)17-26-15-14(16(27-17)29-9-19(21,22)20(23,24)10-29)25-11-28(15)8-12-6-4-5-7-13(12)32(30)31/h4-7,11H,8-10H2,1-3H3,(H,30,31). The number of alkyl halides is 4. The van der Waals surface area contributed by atoms with Crippen LogP contribution in [-0.4, -0.2) is 53.2 Å². The highest BCUT2D eigenvalue weighted by Crippen LogP contribution is 2.43. The zero-order valence-electron chi connectivity index (χ0n) is 17.5. The molecule has 1 atom stereocenters. The van der Waals surface area contributed by atoms with Gasteiger partial charge in [-0.25, -0.2) is 19.2 Å². The van der Waals surface area contributed by atoms with Crippen molar-refractivity contribution in [3.8, 4) is 0 Å². The predicted octanol–water partition coefficient (Wildman–Crippen LogP) is 3.84. The van der Waals surface area contributed by atoms with E-state index < -0.39 is 41.4 Å². The lowest BCUT2D eigenvalue weighted by Crippen LogP contribution is -2.38. The maximum atomic E-state index is 13.9. The predicted molar refractivity (Wildman–Crippen MR) is 111 cm³/mol. The molecule has 0 spiro atoms. The van der Waals surface area contributed by atoms with Crippen LogP contribution in [0.25, 0.3) is 11.2 Å². The van der Waals surface area contributed by atoms with Gasteiger partial charge in [0.25, 0.3) is 0 Å². The largest absolute Gasteiger partial charge is 0.342 e. The molecule has 12 heteroatoms. The van der Waals surface area contributed by atoms with E-state index in [1.807, 2.05) is 20.8 Å². The molecule has 32 heavy (non-hydrogen) atoms. The Kier molecular flexibility index (Phi) is 5.28. The zero-order chi connectivity index (χ0) is 23.5. The van der Waals surface area contributed by atoms with Crippen molar-refractivity contribution in [1.29, 1.82) is 0 Å². The van der Waals surface area contributed by atoms with Crippen LogP contribution in [0.2, 0.25) is 0 Å². The summed E-state index contributed by atoms with van der Waals surface area (Å²) in [6.07, 6.45) is 1.39. The van der Waals surface area contributed by atoms with Crippen LogP contribution in [0.15, 0.2) is 35.5 Å². The molecule has 0 aliphatic carbocycles. The third-order valence-electron chi connectivity index (χ3n) is 5.23. The fourth-order valence-corrected chi connectivity index (χ4v) is 4.06.